The van der Waals surface area contributed by atoms with Gasteiger partial charge in [-0.25, -0.2) is 0 Å². The van der Waals surface area contributed by atoms with E-state index in [2.05, 4.69) is 0 Å². The quantitative estimate of drug-likeness (QED) is 0.256. The molecule has 2 aliphatic rings. The molecule has 0 aromatic rings. The normalized spacial score (nSPS) is 48.7. The Labute approximate surface area is 145 Å². The van der Waals surface area contributed by atoms with E-state index in [-0.39, 0.29) is 5.92 Å². The van der Waals surface area contributed by atoms with Crippen molar-refractivity contribution in [2.75, 3.05) is 13.2 Å². The van der Waals surface area contributed by atoms with E-state index in [0.717, 1.165) is 0 Å². The van der Waals surface area contributed by atoms with Crippen LogP contribution in [0.15, 0.2) is 0 Å². The predicted octanol–water partition coefficient (Wildman–Crippen LogP) is -3.69. The Bertz CT molecular complexity index is 419. The first-order valence-electron chi connectivity index (χ1n) is 8.31. The predicted molar refractivity (Wildman–Crippen MR) is 81.2 cm³/mol. The molecule has 2 rings (SSSR count). The van der Waals surface area contributed by atoms with Crippen molar-refractivity contribution >= 4 is 0 Å². The monoisotopic (exact) mass is 368 g/mol. The van der Waals surface area contributed by atoms with E-state index >= 15 is 0 Å². The van der Waals surface area contributed by atoms with E-state index in [1.165, 1.54) is 0 Å². The van der Waals surface area contributed by atoms with E-state index in [0.29, 0.717) is 0 Å². The van der Waals surface area contributed by atoms with Gasteiger partial charge in [0.2, 0.25) is 0 Å². The minimum atomic E-state index is -1.63. The third kappa shape index (κ3) is 4.14. The summed E-state index contributed by atoms with van der Waals surface area (Å²) in [4.78, 5) is 0. The topological polar surface area (TPSA) is 169 Å². The Kier molecular flexibility index (Phi) is 7.13. The van der Waals surface area contributed by atoms with Crippen LogP contribution in [0, 0.1) is 5.92 Å². The van der Waals surface area contributed by atoms with Crippen LogP contribution in [-0.2, 0) is 14.2 Å². The first-order chi connectivity index (χ1) is 11.7. The van der Waals surface area contributed by atoms with Crippen molar-refractivity contribution in [3.05, 3.63) is 0 Å². The van der Waals surface area contributed by atoms with Gasteiger partial charge in [-0.2, -0.15) is 0 Å². The summed E-state index contributed by atoms with van der Waals surface area (Å²) in [6.45, 7) is 2.46. The molecule has 0 aromatic carbocycles. The molecule has 25 heavy (non-hydrogen) atoms. The van der Waals surface area contributed by atoms with E-state index < -0.39 is 74.4 Å². The lowest BCUT2D eigenvalue weighted by atomic mass is 9.89. The maximum absolute atomic E-state index is 10.4. The van der Waals surface area contributed by atoms with Crippen LogP contribution in [0.2, 0.25) is 0 Å². The van der Waals surface area contributed by atoms with Crippen molar-refractivity contribution in [1.29, 1.82) is 0 Å². The molecule has 10 heteroatoms. The molecule has 2 heterocycles. The Hall–Kier alpha value is -0.400. The summed E-state index contributed by atoms with van der Waals surface area (Å²) >= 11 is 0. The van der Waals surface area contributed by atoms with E-state index in [1.807, 2.05) is 0 Å². The Morgan fingerprint density at radius 3 is 1.80 bits per heavy atom. The molecule has 1 unspecified atom stereocenters. The lowest BCUT2D eigenvalue weighted by molar-refractivity contribution is -0.344. The van der Waals surface area contributed by atoms with Gasteiger partial charge in [0.25, 0.3) is 0 Å². The first kappa shape index (κ1) is 20.9. The highest BCUT2D eigenvalue weighted by Gasteiger charge is 2.50. The summed E-state index contributed by atoms with van der Waals surface area (Å²) in [6, 6.07) is 0. The van der Waals surface area contributed by atoms with Gasteiger partial charge in [-0.15, -0.1) is 0 Å². The SMILES string of the molecule is CC(C)[C@@H]1O[C@H](CO)[C@@H](O)[C@H](O)[C@H]1OC1O[C@H](CO)[C@@H](O)[C@H](O)[C@H]1O. The Morgan fingerprint density at radius 1 is 0.760 bits per heavy atom. The largest absolute Gasteiger partial charge is 0.394 e. The minimum Gasteiger partial charge on any atom is -0.394 e. The number of rotatable bonds is 5. The number of aliphatic hydroxyl groups is 7. The van der Waals surface area contributed by atoms with Gasteiger partial charge in [0.05, 0.1) is 19.3 Å². The first-order valence-corrected chi connectivity index (χ1v) is 8.31. The summed E-state index contributed by atoms with van der Waals surface area (Å²) in [6.07, 6.45) is -13.1. The van der Waals surface area contributed by atoms with Crippen molar-refractivity contribution in [1.82, 2.24) is 0 Å². The van der Waals surface area contributed by atoms with Crippen molar-refractivity contribution in [3.8, 4) is 0 Å². The summed E-state index contributed by atoms with van der Waals surface area (Å²) in [7, 11) is 0. The van der Waals surface area contributed by atoms with Crippen LogP contribution in [0.4, 0.5) is 0 Å². The lowest BCUT2D eigenvalue weighted by Crippen LogP contribution is -2.65. The highest BCUT2D eigenvalue weighted by Crippen LogP contribution is 2.31. The molecule has 2 fully saturated rings. The van der Waals surface area contributed by atoms with Crippen LogP contribution in [0.1, 0.15) is 13.8 Å². The molecule has 0 bridgehead atoms. The second-order valence-electron chi connectivity index (χ2n) is 6.84. The Morgan fingerprint density at radius 2 is 1.28 bits per heavy atom. The summed E-state index contributed by atoms with van der Waals surface area (Å²) in [5, 5.41) is 68.6. The fraction of sp³-hybridized carbons (Fsp3) is 1.00. The highest BCUT2D eigenvalue weighted by molar-refractivity contribution is 4.96. The molecule has 10 atom stereocenters. The molecule has 2 saturated heterocycles. The van der Waals surface area contributed by atoms with Gasteiger partial charge in [-0.1, -0.05) is 13.8 Å². The minimum absolute atomic E-state index is 0.175. The van der Waals surface area contributed by atoms with Crippen LogP contribution in [0.5, 0.6) is 0 Å². The van der Waals surface area contributed by atoms with E-state index in [1.54, 1.807) is 13.8 Å². The van der Waals surface area contributed by atoms with Crippen LogP contribution < -0.4 is 0 Å². The zero-order valence-electron chi connectivity index (χ0n) is 14.1. The molecular formula is C15H28O10. The maximum Gasteiger partial charge on any atom is 0.187 e. The van der Waals surface area contributed by atoms with Gasteiger partial charge in [-0.3, -0.25) is 0 Å². The molecule has 7 N–H and O–H groups in total. The number of hydrogen-bond acceptors (Lipinski definition) is 10. The van der Waals surface area contributed by atoms with Gasteiger partial charge in [0, 0.05) is 0 Å². The van der Waals surface area contributed by atoms with Crippen molar-refractivity contribution < 1.29 is 50.0 Å². The smallest absolute Gasteiger partial charge is 0.187 e. The van der Waals surface area contributed by atoms with Crippen molar-refractivity contribution in [2.45, 2.75) is 75.1 Å². The summed E-state index contributed by atoms with van der Waals surface area (Å²) in [5.74, 6) is -0.175. The molecule has 10 nitrogen and oxygen atoms in total. The van der Waals surface area contributed by atoms with Crippen LogP contribution in [0.3, 0.4) is 0 Å². The van der Waals surface area contributed by atoms with Gasteiger partial charge in [-0.05, 0) is 5.92 Å². The summed E-state index contributed by atoms with van der Waals surface area (Å²) < 4.78 is 16.4. The van der Waals surface area contributed by atoms with Crippen LogP contribution >= 0.6 is 0 Å². The van der Waals surface area contributed by atoms with Gasteiger partial charge in [0.15, 0.2) is 6.29 Å². The van der Waals surface area contributed by atoms with Gasteiger partial charge >= 0.3 is 0 Å². The molecule has 0 aromatic heterocycles. The van der Waals surface area contributed by atoms with E-state index in [9.17, 15) is 35.7 Å². The molecule has 0 aliphatic carbocycles. The Balaban J connectivity index is 2.17. The average Bonchev–Trinajstić information content (AvgIpc) is 2.59. The van der Waals surface area contributed by atoms with Crippen molar-refractivity contribution in [3.63, 3.8) is 0 Å². The summed E-state index contributed by atoms with van der Waals surface area (Å²) in [5.41, 5.74) is 0. The fourth-order valence-electron chi connectivity index (χ4n) is 3.15. The third-order valence-corrected chi connectivity index (χ3v) is 4.70. The second kappa shape index (κ2) is 8.53. The van der Waals surface area contributed by atoms with Gasteiger partial charge in [0.1, 0.15) is 48.8 Å². The number of ether oxygens (including phenoxy) is 3. The lowest BCUT2D eigenvalue weighted by Gasteiger charge is -2.47. The molecule has 0 radical (unpaired) electrons. The van der Waals surface area contributed by atoms with Crippen molar-refractivity contribution in [2.24, 2.45) is 5.92 Å². The molecular weight excluding hydrogens is 340 g/mol. The molecule has 148 valence electrons. The fourth-order valence-corrected chi connectivity index (χ4v) is 3.15. The molecule has 2 aliphatic heterocycles. The molecule has 0 amide bonds. The number of aliphatic hydroxyl groups excluding tert-OH is 7. The average molecular weight is 368 g/mol. The van der Waals surface area contributed by atoms with E-state index in [4.69, 9.17) is 14.2 Å². The third-order valence-electron chi connectivity index (χ3n) is 4.70. The molecule has 0 spiro atoms. The van der Waals surface area contributed by atoms with Gasteiger partial charge < -0.3 is 50.0 Å². The highest BCUT2D eigenvalue weighted by atomic mass is 16.7. The second-order valence-corrected chi connectivity index (χ2v) is 6.84. The molecule has 0 saturated carbocycles. The standard InChI is InChI=1S/C15H28O10/c1-5(2)13-14(11(21)9(19)6(3-16)23-13)25-15-12(22)10(20)8(18)7(4-17)24-15/h5-22H,3-4H2,1-2H3/t6-,7-,8-,9-,10+,11+,12-,13+,14-,15?/m1/s1. The number of hydrogen-bond donors (Lipinski definition) is 7. The van der Waals surface area contributed by atoms with Crippen LogP contribution in [0.25, 0.3) is 0 Å². The zero-order valence-corrected chi connectivity index (χ0v) is 14.1. The zero-order chi connectivity index (χ0) is 18.9. The maximum atomic E-state index is 10.4. The van der Waals surface area contributed by atoms with Crippen LogP contribution in [-0.4, -0.2) is 110 Å².